The molecular formula is C11H10ClIO4. The molecule has 92 valence electrons. The summed E-state index contributed by atoms with van der Waals surface area (Å²) in [6, 6.07) is 4.56. The second-order valence-corrected chi connectivity index (χ2v) is 5.09. The molecule has 0 aliphatic heterocycles. The Bertz CT molecular complexity index is 461. The summed E-state index contributed by atoms with van der Waals surface area (Å²) in [6.45, 7) is 1.36. The molecule has 0 aliphatic carbocycles. The minimum absolute atomic E-state index is 0.208. The molecule has 4 nitrogen and oxygen atoms in total. The molecule has 0 fully saturated rings. The Morgan fingerprint density at radius 2 is 2.00 bits per heavy atom. The number of carboxylic acid groups (broad SMARTS) is 1. The third kappa shape index (κ3) is 3.40. The van der Waals surface area contributed by atoms with Crippen molar-refractivity contribution in [2.75, 3.05) is 0 Å². The highest BCUT2D eigenvalue weighted by Crippen LogP contribution is 2.29. The van der Waals surface area contributed by atoms with Gasteiger partial charge in [-0.3, -0.25) is 4.79 Å². The van der Waals surface area contributed by atoms with Crippen LogP contribution in [-0.2, 0) is 9.59 Å². The van der Waals surface area contributed by atoms with Crippen LogP contribution in [0.1, 0.15) is 29.5 Å². The molecule has 0 aliphatic rings. The number of hydrogen-bond donors (Lipinski definition) is 2. The van der Waals surface area contributed by atoms with Gasteiger partial charge in [0.05, 0.1) is 0 Å². The lowest BCUT2D eigenvalue weighted by Crippen LogP contribution is -2.12. The fourth-order valence-electron chi connectivity index (χ4n) is 1.29. The number of Topliss-reactive ketones (excluding diaryl/α,β-unsaturated/α-hetero) is 1. The Hall–Kier alpha value is -0.660. The number of rotatable bonds is 4. The summed E-state index contributed by atoms with van der Waals surface area (Å²) in [5, 5.41) is 17.3. The van der Waals surface area contributed by atoms with Gasteiger partial charge < -0.3 is 10.2 Å². The molecule has 2 N–H and O–H groups in total. The van der Waals surface area contributed by atoms with Crippen LogP contribution in [0.15, 0.2) is 18.2 Å². The van der Waals surface area contributed by atoms with Crippen LogP contribution in [0.25, 0.3) is 0 Å². The van der Waals surface area contributed by atoms with E-state index in [2.05, 4.69) is 0 Å². The maximum absolute atomic E-state index is 11.2. The molecule has 2 atom stereocenters. The number of aliphatic carboxylic acids is 1. The lowest BCUT2D eigenvalue weighted by Gasteiger charge is -2.12. The van der Waals surface area contributed by atoms with Crippen LogP contribution in [0.5, 0.6) is 0 Å². The predicted octanol–water partition coefficient (Wildman–Crippen LogP) is 2.28. The van der Waals surface area contributed by atoms with E-state index >= 15 is 0 Å². The SMILES string of the molecule is CC(=O)C(Cl)c1cc(C(O)C(=O)O)ccc1I. The van der Waals surface area contributed by atoms with Gasteiger partial charge in [0.1, 0.15) is 5.38 Å². The molecule has 2 unspecified atom stereocenters. The van der Waals surface area contributed by atoms with E-state index in [0.717, 1.165) is 3.57 Å². The van der Waals surface area contributed by atoms with E-state index in [1.807, 2.05) is 22.6 Å². The Morgan fingerprint density at radius 1 is 1.41 bits per heavy atom. The number of benzene rings is 1. The molecule has 1 aromatic carbocycles. The Morgan fingerprint density at radius 3 is 2.47 bits per heavy atom. The minimum Gasteiger partial charge on any atom is -0.479 e. The van der Waals surface area contributed by atoms with Crippen LogP contribution in [0, 0.1) is 3.57 Å². The molecule has 0 saturated heterocycles. The van der Waals surface area contributed by atoms with Crippen LogP contribution < -0.4 is 0 Å². The van der Waals surface area contributed by atoms with Crippen molar-refractivity contribution >= 4 is 45.9 Å². The van der Waals surface area contributed by atoms with Crippen LogP contribution in [0.2, 0.25) is 0 Å². The maximum atomic E-state index is 11.2. The molecule has 0 spiro atoms. The lowest BCUT2D eigenvalue weighted by molar-refractivity contribution is -0.146. The average Bonchev–Trinajstić information content (AvgIpc) is 2.27. The number of alkyl halides is 1. The predicted molar refractivity (Wildman–Crippen MR) is 71.0 cm³/mol. The van der Waals surface area contributed by atoms with Gasteiger partial charge in [0, 0.05) is 3.57 Å². The number of ketones is 1. The zero-order valence-corrected chi connectivity index (χ0v) is 11.8. The van der Waals surface area contributed by atoms with Gasteiger partial charge in [-0.25, -0.2) is 4.79 Å². The van der Waals surface area contributed by atoms with Gasteiger partial charge in [-0.15, -0.1) is 11.6 Å². The Kier molecular flexibility index (Phi) is 4.91. The first-order valence-electron chi connectivity index (χ1n) is 4.69. The van der Waals surface area contributed by atoms with Crippen LogP contribution in [0.4, 0.5) is 0 Å². The standard InChI is InChI=1S/C11H10ClIO4/c1-5(14)9(12)7-4-6(2-3-8(7)13)10(15)11(16)17/h2-4,9-10,15H,1H3,(H,16,17). The van der Waals surface area contributed by atoms with E-state index in [0.29, 0.717) is 5.56 Å². The number of carboxylic acids is 1. The number of halogens is 2. The van der Waals surface area contributed by atoms with Crippen molar-refractivity contribution < 1.29 is 19.8 Å². The van der Waals surface area contributed by atoms with Gasteiger partial charge in [-0.05, 0) is 52.8 Å². The number of carbonyl (C=O) groups excluding carboxylic acids is 1. The van der Waals surface area contributed by atoms with Gasteiger partial charge in [0.2, 0.25) is 0 Å². The van der Waals surface area contributed by atoms with E-state index in [-0.39, 0.29) is 11.3 Å². The van der Waals surface area contributed by atoms with Crippen molar-refractivity contribution in [3.8, 4) is 0 Å². The monoisotopic (exact) mass is 368 g/mol. The third-order valence-electron chi connectivity index (χ3n) is 2.20. The number of hydrogen-bond acceptors (Lipinski definition) is 3. The Balaban J connectivity index is 3.19. The third-order valence-corrected chi connectivity index (χ3v) is 3.72. The van der Waals surface area contributed by atoms with Gasteiger partial charge in [0.15, 0.2) is 11.9 Å². The van der Waals surface area contributed by atoms with E-state index in [9.17, 15) is 14.7 Å². The van der Waals surface area contributed by atoms with Crippen molar-refractivity contribution in [1.29, 1.82) is 0 Å². The topological polar surface area (TPSA) is 74.6 Å². The smallest absolute Gasteiger partial charge is 0.337 e. The largest absolute Gasteiger partial charge is 0.479 e. The van der Waals surface area contributed by atoms with Crippen molar-refractivity contribution in [1.82, 2.24) is 0 Å². The quantitative estimate of drug-likeness (QED) is 0.632. The molecule has 6 heteroatoms. The second-order valence-electron chi connectivity index (χ2n) is 3.49. The van der Waals surface area contributed by atoms with Gasteiger partial charge in [-0.2, -0.15) is 0 Å². The van der Waals surface area contributed by atoms with Crippen LogP contribution in [0.3, 0.4) is 0 Å². The van der Waals surface area contributed by atoms with E-state index in [1.165, 1.54) is 19.1 Å². The summed E-state index contributed by atoms with van der Waals surface area (Å²) in [5.41, 5.74) is 0.720. The maximum Gasteiger partial charge on any atom is 0.337 e. The average molecular weight is 369 g/mol. The van der Waals surface area contributed by atoms with Crippen molar-refractivity contribution in [2.24, 2.45) is 0 Å². The van der Waals surface area contributed by atoms with Gasteiger partial charge >= 0.3 is 5.97 Å². The number of aliphatic hydroxyl groups is 1. The minimum atomic E-state index is -1.61. The summed E-state index contributed by atoms with van der Waals surface area (Å²) >= 11 is 7.92. The summed E-state index contributed by atoms with van der Waals surface area (Å²) in [5.74, 6) is -1.57. The second kappa shape index (κ2) is 5.79. The molecule has 0 saturated carbocycles. The van der Waals surface area contributed by atoms with Crippen LogP contribution >= 0.6 is 34.2 Å². The van der Waals surface area contributed by atoms with Crippen molar-refractivity contribution in [3.05, 3.63) is 32.9 Å². The first-order valence-corrected chi connectivity index (χ1v) is 6.21. The molecule has 1 aromatic rings. The van der Waals surface area contributed by atoms with Gasteiger partial charge in [0.25, 0.3) is 0 Å². The Labute approximate surface area is 117 Å². The molecule has 17 heavy (non-hydrogen) atoms. The van der Waals surface area contributed by atoms with Crippen molar-refractivity contribution in [2.45, 2.75) is 18.4 Å². The molecule has 0 amide bonds. The summed E-state index contributed by atoms with van der Waals surface area (Å²) in [4.78, 5) is 21.8. The highest BCUT2D eigenvalue weighted by molar-refractivity contribution is 14.1. The molecule has 0 aromatic heterocycles. The van der Waals surface area contributed by atoms with E-state index in [4.69, 9.17) is 16.7 Å². The first-order chi connectivity index (χ1) is 7.84. The summed E-state index contributed by atoms with van der Waals surface area (Å²) in [6.07, 6.45) is -1.61. The van der Waals surface area contributed by atoms with Crippen molar-refractivity contribution in [3.63, 3.8) is 0 Å². The fraction of sp³-hybridized carbons (Fsp3) is 0.273. The number of aliphatic hydroxyl groups excluding tert-OH is 1. The first kappa shape index (κ1) is 14.4. The summed E-state index contributed by atoms with van der Waals surface area (Å²) < 4.78 is 0.749. The number of carbonyl (C=O) groups is 2. The zero-order valence-electron chi connectivity index (χ0n) is 8.85. The van der Waals surface area contributed by atoms with E-state index in [1.54, 1.807) is 6.07 Å². The highest BCUT2D eigenvalue weighted by Gasteiger charge is 2.21. The highest BCUT2D eigenvalue weighted by atomic mass is 127. The molecule has 0 radical (unpaired) electrons. The lowest BCUT2D eigenvalue weighted by atomic mass is 10.0. The fourth-order valence-corrected chi connectivity index (χ4v) is 2.30. The molecule has 0 heterocycles. The van der Waals surface area contributed by atoms with Crippen LogP contribution in [-0.4, -0.2) is 22.0 Å². The zero-order chi connectivity index (χ0) is 13.2. The molecular weight excluding hydrogens is 358 g/mol. The molecule has 0 bridgehead atoms. The molecule has 1 rings (SSSR count). The summed E-state index contributed by atoms with van der Waals surface area (Å²) in [7, 11) is 0. The normalized spacial score (nSPS) is 14.1. The van der Waals surface area contributed by atoms with E-state index < -0.39 is 17.5 Å². The van der Waals surface area contributed by atoms with Gasteiger partial charge in [-0.1, -0.05) is 6.07 Å².